The number of rotatable bonds is 6. The number of nitrogens with zero attached hydrogens (tertiary/aromatic N) is 4. The van der Waals surface area contributed by atoms with Gasteiger partial charge in [0.25, 0.3) is 0 Å². The summed E-state index contributed by atoms with van der Waals surface area (Å²) in [4.78, 5) is 43.4. The van der Waals surface area contributed by atoms with Crippen molar-refractivity contribution in [3.8, 4) is 0 Å². The summed E-state index contributed by atoms with van der Waals surface area (Å²) < 4.78 is 10.9. The van der Waals surface area contributed by atoms with Gasteiger partial charge in [-0.25, -0.2) is 9.59 Å². The van der Waals surface area contributed by atoms with Crippen LogP contribution in [0.3, 0.4) is 0 Å². The summed E-state index contributed by atoms with van der Waals surface area (Å²) in [6, 6.07) is 7.40. The van der Waals surface area contributed by atoms with Gasteiger partial charge in [0.1, 0.15) is 24.3 Å². The Labute approximate surface area is 193 Å². The Kier molecular flexibility index (Phi) is 7.81. The van der Waals surface area contributed by atoms with Gasteiger partial charge in [0.2, 0.25) is 5.91 Å². The zero-order valence-electron chi connectivity index (χ0n) is 19.3. The van der Waals surface area contributed by atoms with Crippen molar-refractivity contribution in [3.05, 3.63) is 46.3 Å². The van der Waals surface area contributed by atoms with E-state index >= 15 is 0 Å². The molecule has 2 amide bonds. The fourth-order valence-corrected chi connectivity index (χ4v) is 4.45. The Morgan fingerprint density at radius 3 is 2.55 bits per heavy atom. The molecule has 3 unspecified atom stereocenters. The van der Waals surface area contributed by atoms with Gasteiger partial charge in [0.05, 0.1) is 0 Å². The molecule has 1 N–H and O–H groups in total. The molecule has 4 atom stereocenters. The third-order valence-corrected chi connectivity index (χ3v) is 5.91. The summed E-state index contributed by atoms with van der Waals surface area (Å²) in [6.45, 7) is 5.46. The second-order valence-corrected chi connectivity index (χ2v) is 9.46. The molecule has 0 aromatic heterocycles. The quantitative estimate of drug-likeness (QED) is 0.301. The first-order chi connectivity index (χ1) is 15.7. The Morgan fingerprint density at radius 1 is 1.18 bits per heavy atom. The Bertz CT molecular complexity index is 910. The fourth-order valence-electron chi connectivity index (χ4n) is 4.45. The molecule has 2 aliphatic rings. The molecule has 1 aromatic carbocycles. The monoisotopic (exact) mass is 457 g/mol. The maximum atomic E-state index is 13.6. The van der Waals surface area contributed by atoms with E-state index in [1.54, 1.807) is 25.7 Å². The molecule has 1 aromatic rings. The van der Waals surface area contributed by atoms with Gasteiger partial charge in [0.15, 0.2) is 0 Å². The van der Waals surface area contributed by atoms with Crippen molar-refractivity contribution in [2.24, 2.45) is 11.0 Å². The summed E-state index contributed by atoms with van der Waals surface area (Å²) in [7, 11) is 0. The van der Waals surface area contributed by atoms with Gasteiger partial charge in [-0.05, 0) is 63.5 Å². The summed E-state index contributed by atoms with van der Waals surface area (Å²) in [6.07, 6.45) is 1.66. The summed E-state index contributed by atoms with van der Waals surface area (Å²) in [5.74, 6) is -1.22. The maximum Gasteiger partial charge on any atom is 0.408 e. The van der Waals surface area contributed by atoms with Crippen molar-refractivity contribution in [1.82, 2.24) is 10.2 Å². The van der Waals surface area contributed by atoms with E-state index in [1.807, 2.05) is 30.3 Å². The molecule has 2 aliphatic heterocycles. The SMILES string of the molecule is CC(C)(C)OC(=O)[C@@H]1CCC2CCC(CN=[N+]=[N-])C(NC(=O)OCc3ccccc3)C(=O)N21. The minimum absolute atomic E-state index is 0.0570. The van der Waals surface area contributed by atoms with E-state index in [0.29, 0.717) is 25.7 Å². The third kappa shape index (κ3) is 6.38. The van der Waals surface area contributed by atoms with Gasteiger partial charge in [-0.3, -0.25) is 4.79 Å². The van der Waals surface area contributed by atoms with E-state index in [0.717, 1.165) is 5.56 Å². The largest absolute Gasteiger partial charge is 0.458 e. The second kappa shape index (κ2) is 10.6. The van der Waals surface area contributed by atoms with Gasteiger partial charge in [-0.1, -0.05) is 35.4 Å². The smallest absolute Gasteiger partial charge is 0.408 e. The highest BCUT2D eigenvalue weighted by molar-refractivity contribution is 5.91. The van der Waals surface area contributed by atoms with Crippen molar-refractivity contribution < 1.29 is 23.9 Å². The molecule has 2 heterocycles. The van der Waals surface area contributed by atoms with Crippen LogP contribution >= 0.6 is 0 Å². The summed E-state index contributed by atoms with van der Waals surface area (Å²) >= 11 is 0. The standard InChI is InChI=1S/C23H31N5O5/c1-23(2,3)33-21(30)18-12-11-17-10-9-16(13-25-27-24)19(20(29)28(17)18)26-22(31)32-14-15-7-5-4-6-8-15/h4-8,16-19H,9-14H2,1-3H3,(H,26,31)/t16?,17?,18-,19?/m0/s1. The van der Waals surface area contributed by atoms with Crippen LogP contribution in [0.25, 0.3) is 10.4 Å². The van der Waals surface area contributed by atoms with Crippen LogP contribution in [0.1, 0.15) is 52.0 Å². The van der Waals surface area contributed by atoms with Crippen LogP contribution < -0.4 is 5.32 Å². The molecule has 3 rings (SSSR count). The zero-order chi connectivity index (χ0) is 24.0. The first-order valence-corrected chi connectivity index (χ1v) is 11.2. The lowest BCUT2D eigenvalue weighted by Gasteiger charge is -2.32. The number of alkyl carbamates (subject to hydrolysis) is 1. The number of hydrogen-bond donors (Lipinski definition) is 1. The molecule has 2 saturated heterocycles. The number of carbonyl (C=O) groups is 3. The van der Waals surface area contributed by atoms with Crippen LogP contribution in [0.15, 0.2) is 35.4 Å². The predicted octanol–water partition coefficient (Wildman–Crippen LogP) is 3.70. The van der Waals surface area contributed by atoms with Crippen molar-refractivity contribution in [3.63, 3.8) is 0 Å². The molecule has 0 bridgehead atoms. The van der Waals surface area contributed by atoms with E-state index in [1.165, 1.54) is 0 Å². The summed E-state index contributed by atoms with van der Waals surface area (Å²) in [5.41, 5.74) is 8.93. The number of ether oxygens (including phenoxy) is 2. The molecule has 0 spiro atoms. The topological polar surface area (TPSA) is 134 Å². The van der Waals surface area contributed by atoms with Gasteiger partial charge in [0, 0.05) is 17.5 Å². The van der Waals surface area contributed by atoms with Crippen molar-refractivity contribution in [2.75, 3.05) is 6.54 Å². The first-order valence-electron chi connectivity index (χ1n) is 11.2. The van der Waals surface area contributed by atoms with Crippen LogP contribution in [0.2, 0.25) is 0 Å². The van der Waals surface area contributed by atoms with E-state index in [-0.39, 0.29) is 25.1 Å². The molecule has 0 radical (unpaired) electrons. The average molecular weight is 458 g/mol. The van der Waals surface area contributed by atoms with Crippen molar-refractivity contribution in [2.45, 2.75) is 76.8 Å². The van der Waals surface area contributed by atoms with Crippen LogP contribution in [-0.2, 0) is 25.7 Å². The zero-order valence-corrected chi connectivity index (χ0v) is 19.3. The van der Waals surface area contributed by atoms with E-state index in [4.69, 9.17) is 15.0 Å². The third-order valence-electron chi connectivity index (χ3n) is 5.91. The first kappa shape index (κ1) is 24.4. The molecule has 2 fully saturated rings. The number of fused-ring (bicyclic) bond motifs is 1. The van der Waals surface area contributed by atoms with Gasteiger partial charge in [-0.2, -0.15) is 0 Å². The molecule has 33 heavy (non-hydrogen) atoms. The average Bonchev–Trinajstić information content (AvgIpc) is 3.15. The highest BCUT2D eigenvalue weighted by atomic mass is 16.6. The lowest BCUT2D eigenvalue weighted by Crippen LogP contribution is -2.55. The van der Waals surface area contributed by atoms with Crippen molar-refractivity contribution in [1.29, 1.82) is 0 Å². The number of esters is 1. The lowest BCUT2D eigenvalue weighted by molar-refractivity contribution is -0.164. The van der Waals surface area contributed by atoms with Crippen LogP contribution in [0, 0.1) is 5.92 Å². The Hall–Kier alpha value is -3.26. The highest BCUT2D eigenvalue weighted by Gasteiger charge is 2.48. The lowest BCUT2D eigenvalue weighted by atomic mass is 9.93. The second-order valence-electron chi connectivity index (χ2n) is 9.46. The number of nitrogens with one attached hydrogen (secondary N) is 1. The highest BCUT2D eigenvalue weighted by Crippen LogP contribution is 2.35. The minimum atomic E-state index is -0.966. The van der Waals surface area contributed by atoms with Crippen LogP contribution in [0.5, 0.6) is 0 Å². The van der Waals surface area contributed by atoms with Crippen LogP contribution in [-0.4, -0.2) is 53.1 Å². The van der Waals surface area contributed by atoms with Crippen LogP contribution in [0.4, 0.5) is 4.79 Å². The van der Waals surface area contributed by atoms with Gasteiger partial charge >= 0.3 is 12.1 Å². The molecule has 0 saturated carbocycles. The number of amides is 2. The Morgan fingerprint density at radius 2 is 1.88 bits per heavy atom. The molecule has 10 nitrogen and oxygen atoms in total. The van der Waals surface area contributed by atoms with Crippen molar-refractivity contribution >= 4 is 18.0 Å². The van der Waals surface area contributed by atoms with Gasteiger partial charge < -0.3 is 19.7 Å². The minimum Gasteiger partial charge on any atom is -0.458 e. The molecule has 178 valence electrons. The molecule has 10 heteroatoms. The molecule has 0 aliphatic carbocycles. The number of azide groups is 1. The van der Waals surface area contributed by atoms with E-state index in [9.17, 15) is 14.4 Å². The number of carbonyl (C=O) groups excluding carboxylic acids is 3. The Balaban J connectivity index is 1.77. The molecular weight excluding hydrogens is 426 g/mol. The molecular formula is C23H31N5O5. The number of hydrogen-bond acceptors (Lipinski definition) is 6. The predicted molar refractivity (Wildman–Crippen MR) is 120 cm³/mol. The van der Waals surface area contributed by atoms with Gasteiger partial charge in [-0.15, -0.1) is 0 Å². The normalized spacial score (nSPS) is 24.8. The fraction of sp³-hybridized carbons (Fsp3) is 0.609. The van der Waals surface area contributed by atoms with E-state index in [2.05, 4.69) is 15.3 Å². The number of benzene rings is 1. The van der Waals surface area contributed by atoms with E-state index < -0.39 is 35.7 Å². The maximum absolute atomic E-state index is 13.6. The summed E-state index contributed by atoms with van der Waals surface area (Å²) in [5, 5.41) is 6.32.